The third-order valence-corrected chi connectivity index (χ3v) is 4.44. The molecule has 4 aromatic carbocycles. The summed E-state index contributed by atoms with van der Waals surface area (Å²) in [6.45, 7) is 0. The zero-order valence-corrected chi connectivity index (χ0v) is 16.6. The van der Waals surface area contributed by atoms with Crippen LogP contribution in [0.1, 0.15) is 11.1 Å². The molecule has 0 heterocycles. The lowest BCUT2D eigenvalue weighted by Crippen LogP contribution is -2.00. The number of hydrogen-bond acceptors (Lipinski definition) is 4. The van der Waals surface area contributed by atoms with Crippen LogP contribution in [-0.2, 0) is 22.4 Å². The van der Waals surface area contributed by atoms with Gasteiger partial charge in [0.15, 0.2) is 0 Å². The second-order valence-corrected chi connectivity index (χ2v) is 6.42. The van der Waals surface area contributed by atoms with E-state index in [2.05, 4.69) is 0 Å². The van der Waals surface area contributed by atoms with Crippen molar-refractivity contribution in [1.82, 2.24) is 12.3 Å². The summed E-state index contributed by atoms with van der Waals surface area (Å²) in [5, 5.41) is 21.7. The van der Waals surface area contributed by atoms with Crippen LogP contribution in [0, 0.1) is 0 Å². The van der Waals surface area contributed by atoms with Gasteiger partial charge in [-0.1, -0.05) is 84.9 Å². The van der Waals surface area contributed by atoms with Crippen molar-refractivity contribution in [2.45, 2.75) is 12.8 Å². The predicted molar refractivity (Wildman–Crippen MR) is 121 cm³/mol. The maximum Gasteiger partial charge on any atom is 0.307 e. The number of carboxylic acid groups (broad SMARTS) is 2. The van der Waals surface area contributed by atoms with Crippen LogP contribution in [0.5, 0.6) is 0 Å². The van der Waals surface area contributed by atoms with Gasteiger partial charge in [0.2, 0.25) is 0 Å². The minimum absolute atomic E-state index is 0. The van der Waals surface area contributed by atoms with Gasteiger partial charge >= 0.3 is 11.9 Å². The molecule has 4 aromatic rings. The molecule has 4 rings (SSSR count). The first-order chi connectivity index (χ1) is 13.5. The van der Waals surface area contributed by atoms with E-state index < -0.39 is 11.9 Å². The minimum Gasteiger partial charge on any atom is -0.481 e. The number of rotatable bonds is 4. The Kier molecular flexibility index (Phi) is 9.16. The topological polar surface area (TPSA) is 145 Å². The lowest BCUT2D eigenvalue weighted by Gasteiger charge is -2.02. The molecule has 0 bridgehead atoms. The van der Waals surface area contributed by atoms with Gasteiger partial charge in [0.25, 0.3) is 0 Å². The van der Waals surface area contributed by atoms with Crippen molar-refractivity contribution in [2.75, 3.05) is 0 Å². The predicted octanol–water partition coefficient (Wildman–Crippen LogP) is 5.26. The number of fused-ring (bicyclic) bond motifs is 2. The molecule has 0 atom stereocenters. The molecule has 0 saturated heterocycles. The Bertz CT molecular complexity index is 1040. The van der Waals surface area contributed by atoms with Gasteiger partial charge in [-0.25, -0.2) is 0 Å². The van der Waals surface area contributed by atoms with E-state index in [9.17, 15) is 9.59 Å². The highest BCUT2D eigenvalue weighted by Crippen LogP contribution is 2.19. The monoisotopic (exact) mass is 406 g/mol. The molecule has 156 valence electrons. The second-order valence-electron chi connectivity index (χ2n) is 6.42. The van der Waals surface area contributed by atoms with Crippen LogP contribution in [0.4, 0.5) is 0 Å². The van der Waals surface area contributed by atoms with Gasteiger partial charge in [-0.3, -0.25) is 9.59 Å². The summed E-state index contributed by atoms with van der Waals surface area (Å²) < 4.78 is 0. The van der Waals surface area contributed by atoms with E-state index in [4.69, 9.17) is 10.2 Å². The van der Waals surface area contributed by atoms with Gasteiger partial charge in [0, 0.05) is 0 Å². The highest BCUT2D eigenvalue weighted by molar-refractivity contribution is 5.89. The highest BCUT2D eigenvalue weighted by atomic mass is 16.4. The normalized spacial score (nSPS) is 9.60. The number of aliphatic carboxylic acids is 2. The Labute approximate surface area is 175 Å². The van der Waals surface area contributed by atoms with E-state index in [1.165, 1.54) is 0 Å². The van der Waals surface area contributed by atoms with Gasteiger partial charge < -0.3 is 22.5 Å². The fraction of sp³-hybridized carbons (Fsp3) is 0.0833. The van der Waals surface area contributed by atoms with Crippen molar-refractivity contribution in [3.05, 3.63) is 96.1 Å². The molecule has 0 radical (unpaired) electrons. The van der Waals surface area contributed by atoms with Gasteiger partial charge in [-0.2, -0.15) is 0 Å². The summed E-state index contributed by atoms with van der Waals surface area (Å²) in [6, 6.07) is 27.1. The first-order valence-corrected chi connectivity index (χ1v) is 8.91. The van der Waals surface area contributed by atoms with Gasteiger partial charge in [-0.05, 0) is 32.7 Å². The van der Waals surface area contributed by atoms with E-state index in [1.807, 2.05) is 84.9 Å². The smallest absolute Gasteiger partial charge is 0.307 e. The standard InChI is InChI=1S/2C12H10O2.2H3N/c2*13-12(14)8-10-6-3-5-9-4-1-2-7-11(9)10;;/h2*1-7H,8H2,(H,13,14);2*1H3. The molecule has 0 aliphatic rings. The molecule has 0 amide bonds. The second kappa shape index (κ2) is 11.3. The molecular formula is C24H26N2O4. The molecule has 0 aliphatic heterocycles. The van der Waals surface area contributed by atoms with E-state index >= 15 is 0 Å². The average Bonchev–Trinajstić information content (AvgIpc) is 2.68. The fourth-order valence-corrected chi connectivity index (χ4v) is 3.22. The molecule has 30 heavy (non-hydrogen) atoms. The molecule has 0 spiro atoms. The van der Waals surface area contributed by atoms with Crippen molar-refractivity contribution < 1.29 is 19.8 Å². The lowest BCUT2D eigenvalue weighted by molar-refractivity contribution is -0.137. The SMILES string of the molecule is N.N.O=C(O)Cc1cccc2ccccc12.O=C(O)Cc1cccc2ccccc12. The van der Waals surface area contributed by atoms with Gasteiger partial charge in [0.05, 0.1) is 12.8 Å². The zero-order valence-electron chi connectivity index (χ0n) is 16.6. The van der Waals surface area contributed by atoms with Crippen LogP contribution >= 0.6 is 0 Å². The Morgan fingerprint density at radius 3 is 1.23 bits per heavy atom. The largest absolute Gasteiger partial charge is 0.481 e. The molecule has 0 fully saturated rings. The molecule has 0 unspecified atom stereocenters. The minimum atomic E-state index is -0.790. The summed E-state index contributed by atoms with van der Waals surface area (Å²) in [7, 11) is 0. The maximum atomic E-state index is 10.6. The third kappa shape index (κ3) is 6.13. The first kappa shape index (κ1) is 24.3. The van der Waals surface area contributed by atoms with Crippen molar-refractivity contribution >= 4 is 33.5 Å². The first-order valence-electron chi connectivity index (χ1n) is 8.91. The van der Waals surface area contributed by atoms with Crippen LogP contribution in [-0.4, -0.2) is 22.2 Å². The van der Waals surface area contributed by atoms with Crippen LogP contribution in [0.25, 0.3) is 21.5 Å². The maximum absolute atomic E-state index is 10.6. The fourth-order valence-electron chi connectivity index (χ4n) is 3.22. The number of hydrogen-bond donors (Lipinski definition) is 4. The van der Waals surface area contributed by atoms with Crippen molar-refractivity contribution in [1.29, 1.82) is 0 Å². The molecule has 6 heteroatoms. The summed E-state index contributed by atoms with van der Waals surface area (Å²) in [5.74, 6) is -1.58. The Balaban J connectivity index is 0.000000281. The molecule has 6 nitrogen and oxygen atoms in total. The van der Waals surface area contributed by atoms with Crippen LogP contribution in [0.2, 0.25) is 0 Å². The van der Waals surface area contributed by atoms with Crippen molar-refractivity contribution in [3.8, 4) is 0 Å². The summed E-state index contributed by atoms with van der Waals surface area (Å²) in [4.78, 5) is 21.2. The lowest BCUT2D eigenvalue weighted by atomic mass is 10.0. The van der Waals surface area contributed by atoms with Crippen molar-refractivity contribution in [3.63, 3.8) is 0 Å². The summed E-state index contributed by atoms with van der Waals surface area (Å²) >= 11 is 0. The Morgan fingerprint density at radius 2 is 0.867 bits per heavy atom. The summed E-state index contributed by atoms with van der Waals surface area (Å²) in [5.41, 5.74) is 1.74. The van der Waals surface area contributed by atoms with E-state index in [0.717, 1.165) is 32.7 Å². The quantitative estimate of drug-likeness (QED) is 0.364. The van der Waals surface area contributed by atoms with Gasteiger partial charge in [-0.15, -0.1) is 0 Å². The number of carbonyl (C=O) groups is 2. The Morgan fingerprint density at radius 1 is 0.533 bits per heavy atom. The number of benzene rings is 4. The van der Waals surface area contributed by atoms with E-state index in [0.29, 0.717) is 0 Å². The van der Waals surface area contributed by atoms with Crippen molar-refractivity contribution in [2.24, 2.45) is 0 Å². The van der Waals surface area contributed by atoms with Crippen LogP contribution < -0.4 is 12.3 Å². The highest BCUT2D eigenvalue weighted by Gasteiger charge is 2.04. The third-order valence-electron chi connectivity index (χ3n) is 4.44. The number of carboxylic acids is 2. The van der Waals surface area contributed by atoms with E-state index in [-0.39, 0.29) is 25.1 Å². The Hall–Kier alpha value is -3.74. The molecular weight excluding hydrogens is 380 g/mol. The van der Waals surface area contributed by atoms with Gasteiger partial charge in [0.1, 0.15) is 0 Å². The summed E-state index contributed by atoms with van der Waals surface area (Å²) in [6.07, 6.45) is 0.169. The molecule has 0 saturated carbocycles. The molecule has 0 aromatic heterocycles. The van der Waals surface area contributed by atoms with Crippen LogP contribution in [0.15, 0.2) is 84.9 Å². The average molecular weight is 406 g/mol. The molecule has 8 N–H and O–H groups in total. The van der Waals surface area contributed by atoms with Crippen LogP contribution in [0.3, 0.4) is 0 Å². The molecule has 0 aliphatic carbocycles. The zero-order chi connectivity index (χ0) is 19.9. The van der Waals surface area contributed by atoms with E-state index in [1.54, 1.807) is 0 Å².